The fourth-order valence-electron chi connectivity index (χ4n) is 1.77. The van der Waals surface area contributed by atoms with E-state index >= 15 is 0 Å². The lowest BCUT2D eigenvalue weighted by Gasteiger charge is -2.05. The summed E-state index contributed by atoms with van der Waals surface area (Å²) in [6.45, 7) is 0. The van der Waals surface area contributed by atoms with E-state index in [9.17, 15) is 8.78 Å². The van der Waals surface area contributed by atoms with Gasteiger partial charge in [-0.2, -0.15) is 5.26 Å². The lowest BCUT2D eigenvalue weighted by Crippen LogP contribution is -1.98. The summed E-state index contributed by atoms with van der Waals surface area (Å²) in [6.07, 6.45) is 0. The van der Waals surface area contributed by atoms with Crippen LogP contribution in [0.25, 0.3) is 10.2 Å². The summed E-state index contributed by atoms with van der Waals surface area (Å²) < 4.78 is 28.2. The minimum atomic E-state index is -1.15. The highest BCUT2D eigenvalue weighted by Gasteiger charge is 2.14. The molecular weight excluding hydrogens is 280 g/mol. The molecule has 1 aromatic heterocycles. The highest BCUT2D eigenvalue weighted by atomic mass is 32.1. The number of halogens is 2. The SMILES string of the molecule is N#Cc1ccc(Nc2nc3ccccc3s2)c(F)c1F. The number of fused-ring (bicyclic) bond motifs is 1. The zero-order valence-electron chi connectivity index (χ0n) is 10.0. The molecule has 0 atom stereocenters. The zero-order valence-corrected chi connectivity index (χ0v) is 10.8. The minimum absolute atomic E-state index is 0.0412. The first-order chi connectivity index (χ1) is 9.69. The van der Waals surface area contributed by atoms with Crippen LogP contribution in [-0.2, 0) is 0 Å². The molecule has 0 aliphatic carbocycles. The number of hydrogen-bond acceptors (Lipinski definition) is 4. The molecule has 20 heavy (non-hydrogen) atoms. The van der Waals surface area contributed by atoms with Crippen LogP contribution in [0.15, 0.2) is 36.4 Å². The van der Waals surface area contributed by atoms with Gasteiger partial charge in [0.15, 0.2) is 16.8 Å². The van der Waals surface area contributed by atoms with Gasteiger partial charge in [0.25, 0.3) is 0 Å². The number of hydrogen-bond donors (Lipinski definition) is 1. The highest BCUT2D eigenvalue weighted by molar-refractivity contribution is 7.22. The van der Waals surface area contributed by atoms with Gasteiger partial charge in [0, 0.05) is 0 Å². The first-order valence-electron chi connectivity index (χ1n) is 5.70. The van der Waals surface area contributed by atoms with Gasteiger partial charge < -0.3 is 5.32 Å². The monoisotopic (exact) mass is 287 g/mol. The number of benzene rings is 2. The average molecular weight is 287 g/mol. The van der Waals surface area contributed by atoms with Crippen molar-refractivity contribution in [1.82, 2.24) is 4.98 Å². The Kier molecular flexibility index (Phi) is 3.05. The standard InChI is InChI=1S/C14H7F2N3S/c15-12-8(7-17)5-6-10(13(12)16)19-14-18-9-3-1-2-4-11(9)20-14/h1-6H,(H,18,19). The Balaban J connectivity index is 1.99. The lowest BCUT2D eigenvalue weighted by molar-refractivity contribution is 0.509. The van der Waals surface area contributed by atoms with E-state index in [1.54, 1.807) is 6.07 Å². The van der Waals surface area contributed by atoms with E-state index in [0.717, 1.165) is 10.2 Å². The van der Waals surface area contributed by atoms with Crippen molar-refractivity contribution in [3.05, 3.63) is 53.6 Å². The summed E-state index contributed by atoms with van der Waals surface area (Å²) in [5.74, 6) is -2.23. The van der Waals surface area contributed by atoms with Crippen LogP contribution in [0.1, 0.15) is 5.56 Å². The Morgan fingerprint density at radius 2 is 1.90 bits per heavy atom. The number of nitrogens with one attached hydrogen (secondary N) is 1. The minimum Gasteiger partial charge on any atom is -0.329 e. The first-order valence-corrected chi connectivity index (χ1v) is 6.51. The molecule has 0 bridgehead atoms. The molecule has 0 fully saturated rings. The van der Waals surface area contributed by atoms with Crippen molar-refractivity contribution in [3.8, 4) is 6.07 Å². The second-order valence-electron chi connectivity index (χ2n) is 4.01. The first kappa shape index (κ1) is 12.5. The predicted molar refractivity (Wildman–Crippen MR) is 74.0 cm³/mol. The van der Waals surface area contributed by atoms with Gasteiger partial charge in [0.1, 0.15) is 6.07 Å². The summed E-state index contributed by atoms with van der Waals surface area (Å²) >= 11 is 1.34. The molecule has 0 saturated carbocycles. The van der Waals surface area contributed by atoms with Crippen LogP contribution >= 0.6 is 11.3 Å². The zero-order chi connectivity index (χ0) is 14.1. The summed E-state index contributed by atoms with van der Waals surface area (Å²) in [6, 6.07) is 11.6. The van der Waals surface area contributed by atoms with E-state index in [-0.39, 0.29) is 11.3 Å². The molecule has 1 N–H and O–H groups in total. The molecule has 3 nitrogen and oxygen atoms in total. The van der Waals surface area contributed by atoms with Crippen LogP contribution in [-0.4, -0.2) is 4.98 Å². The third kappa shape index (κ3) is 2.08. The smallest absolute Gasteiger partial charge is 0.188 e. The number of nitrogens with zero attached hydrogens (tertiary/aromatic N) is 2. The van der Waals surface area contributed by atoms with Gasteiger partial charge in [-0.15, -0.1) is 0 Å². The van der Waals surface area contributed by atoms with Crippen LogP contribution in [0, 0.1) is 23.0 Å². The molecule has 0 unspecified atom stereocenters. The van der Waals surface area contributed by atoms with Gasteiger partial charge in [0.05, 0.1) is 21.5 Å². The summed E-state index contributed by atoms with van der Waals surface area (Å²) in [5, 5.41) is 11.8. The molecule has 2 aromatic carbocycles. The van der Waals surface area contributed by atoms with E-state index in [4.69, 9.17) is 5.26 Å². The fraction of sp³-hybridized carbons (Fsp3) is 0. The predicted octanol–water partition coefficient (Wildman–Crippen LogP) is 4.19. The van der Waals surface area contributed by atoms with Crippen molar-refractivity contribution in [1.29, 1.82) is 5.26 Å². The van der Waals surface area contributed by atoms with Crippen molar-refractivity contribution in [3.63, 3.8) is 0 Å². The maximum Gasteiger partial charge on any atom is 0.188 e. The van der Waals surface area contributed by atoms with Gasteiger partial charge in [-0.3, -0.25) is 0 Å². The van der Waals surface area contributed by atoms with Crippen LogP contribution in [0.2, 0.25) is 0 Å². The molecule has 0 radical (unpaired) electrons. The van der Waals surface area contributed by atoms with E-state index in [2.05, 4.69) is 10.3 Å². The molecule has 0 spiro atoms. The Morgan fingerprint density at radius 3 is 2.65 bits per heavy atom. The quantitative estimate of drug-likeness (QED) is 0.768. The maximum atomic E-state index is 13.8. The molecule has 1 heterocycles. The second kappa shape index (κ2) is 4.87. The highest BCUT2D eigenvalue weighted by Crippen LogP contribution is 2.30. The van der Waals surface area contributed by atoms with Gasteiger partial charge in [0.2, 0.25) is 0 Å². The Labute approximate surface area is 117 Å². The Morgan fingerprint density at radius 1 is 1.10 bits per heavy atom. The fourth-order valence-corrected chi connectivity index (χ4v) is 2.65. The van der Waals surface area contributed by atoms with Crippen LogP contribution in [0.3, 0.4) is 0 Å². The molecular formula is C14H7F2N3S. The number of anilines is 2. The van der Waals surface area contributed by atoms with Gasteiger partial charge in [-0.1, -0.05) is 23.5 Å². The van der Waals surface area contributed by atoms with E-state index in [1.807, 2.05) is 24.3 Å². The number of aromatic nitrogens is 1. The molecule has 98 valence electrons. The van der Waals surface area contributed by atoms with Gasteiger partial charge in [-0.05, 0) is 24.3 Å². The number of thiazole rings is 1. The second-order valence-corrected chi connectivity index (χ2v) is 5.04. The van der Waals surface area contributed by atoms with E-state index in [1.165, 1.54) is 23.5 Å². The third-order valence-corrected chi connectivity index (χ3v) is 3.69. The van der Waals surface area contributed by atoms with Crippen LogP contribution in [0.4, 0.5) is 19.6 Å². The topological polar surface area (TPSA) is 48.7 Å². The van der Waals surface area contributed by atoms with Crippen LogP contribution < -0.4 is 5.32 Å². The van der Waals surface area contributed by atoms with Crippen molar-refractivity contribution in [2.45, 2.75) is 0 Å². The van der Waals surface area contributed by atoms with Crippen molar-refractivity contribution >= 4 is 32.4 Å². The molecule has 6 heteroatoms. The Bertz CT molecular complexity index is 803. The molecule has 0 aliphatic heterocycles. The Hall–Kier alpha value is -2.52. The summed E-state index contributed by atoms with van der Waals surface area (Å²) in [7, 11) is 0. The lowest BCUT2D eigenvalue weighted by atomic mass is 10.2. The normalized spacial score (nSPS) is 10.4. The average Bonchev–Trinajstić information content (AvgIpc) is 2.86. The summed E-state index contributed by atoms with van der Waals surface area (Å²) in [4.78, 5) is 4.27. The van der Waals surface area contributed by atoms with Crippen molar-refractivity contribution < 1.29 is 8.78 Å². The number of nitriles is 1. The molecule has 3 aromatic rings. The van der Waals surface area contributed by atoms with Gasteiger partial charge in [-0.25, -0.2) is 13.8 Å². The maximum absolute atomic E-state index is 13.8. The van der Waals surface area contributed by atoms with Crippen molar-refractivity contribution in [2.24, 2.45) is 0 Å². The third-order valence-electron chi connectivity index (χ3n) is 2.74. The molecule has 0 aliphatic rings. The van der Waals surface area contributed by atoms with Gasteiger partial charge >= 0.3 is 0 Å². The number of para-hydroxylation sites is 1. The van der Waals surface area contributed by atoms with E-state index in [0.29, 0.717) is 5.13 Å². The number of rotatable bonds is 2. The molecule has 0 amide bonds. The summed E-state index contributed by atoms with van der Waals surface area (Å²) in [5.41, 5.74) is 0.424. The van der Waals surface area contributed by atoms with Crippen LogP contribution in [0.5, 0.6) is 0 Å². The van der Waals surface area contributed by atoms with Crippen molar-refractivity contribution in [2.75, 3.05) is 5.32 Å². The van der Waals surface area contributed by atoms with E-state index < -0.39 is 11.6 Å². The molecule has 0 saturated heterocycles. The molecule has 3 rings (SSSR count). The largest absolute Gasteiger partial charge is 0.329 e.